The fourth-order valence-electron chi connectivity index (χ4n) is 4.19. The molecule has 2 aromatic carbocycles. The van der Waals surface area contributed by atoms with E-state index < -0.39 is 5.97 Å². The molecule has 0 radical (unpaired) electrons. The van der Waals surface area contributed by atoms with Crippen LogP contribution in [0, 0.1) is 0 Å². The number of fused-ring (bicyclic) bond motifs is 1. The number of hydrogen-bond acceptors (Lipinski definition) is 7. The molecule has 2 heterocycles. The first-order chi connectivity index (χ1) is 18.1. The second-order valence-electron chi connectivity index (χ2n) is 8.61. The van der Waals surface area contributed by atoms with Crippen molar-refractivity contribution in [2.24, 2.45) is 0 Å². The number of nitrogens with one attached hydrogen (secondary N) is 2. The highest BCUT2D eigenvalue weighted by Gasteiger charge is 2.24. The van der Waals surface area contributed by atoms with Crippen molar-refractivity contribution in [3.63, 3.8) is 0 Å². The molecule has 9 heteroatoms. The third kappa shape index (κ3) is 5.90. The second kappa shape index (κ2) is 11.1. The smallest absolute Gasteiger partial charge is 0.338 e. The lowest BCUT2D eigenvalue weighted by Crippen LogP contribution is -2.39. The number of aryl methyl sites for hydroxylation is 1. The van der Waals surface area contributed by atoms with Gasteiger partial charge in [-0.05, 0) is 54.5 Å². The highest BCUT2D eigenvalue weighted by atomic mass is 32.1. The van der Waals surface area contributed by atoms with E-state index >= 15 is 0 Å². The van der Waals surface area contributed by atoms with Crippen LogP contribution in [-0.2, 0) is 24.2 Å². The minimum atomic E-state index is -0.439. The van der Waals surface area contributed by atoms with Crippen molar-refractivity contribution >= 4 is 35.1 Å². The molecule has 2 aromatic heterocycles. The van der Waals surface area contributed by atoms with E-state index in [-0.39, 0.29) is 30.4 Å². The zero-order valence-electron chi connectivity index (χ0n) is 19.8. The molecule has 0 spiro atoms. The largest absolute Gasteiger partial charge is 0.457 e. The summed E-state index contributed by atoms with van der Waals surface area (Å²) in [5.41, 5.74) is 3.37. The first kappa shape index (κ1) is 24.3. The van der Waals surface area contributed by atoms with Crippen LogP contribution in [0.4, 0.5) is 5.95 Å². The molecular formula is C28H24N4O4S. The number of anilines is 1. The average Bonchev–Trinajstić information content (AvgIpc) is 3.48. The van der Waals surface area contributed by atoms with Gasteiger partial charge in [0.1, 0.15) is 6.61 Å². The highest BCUT2D eigenvalue weighted by molar-refractivity contribution is 7.12. The highest BCUT2D eigenvalue weighted by Crippen LogP contribution is 2.22. The summed E-state index contributed by atoms with van der Waals surface area (Å²) in [6.07, 6.45) is 3.66. The van der Waals surface area contributed by atoms with Crippen molar-refractivity contribution in [2.45, 2.75) is 31.9 Å². The van der Waals surface area contributed by atoms with Crippen molar-refractivity contribution in [3.8, 4) is 0 Å². The van der Waals surface area contributed by atoms with Crippen molar-refractivity contribution in [1.82, 2.24) is 15.3 Å². The van der Waals surface area contributed by atoms with Gasteiger partial charge >= 0.3 is 5.97 Å². The van der Waals surface area contributed by atoms with Gasteiger partial charge in [-0.25, -0.2) is 14.8 Å². The van der Waals surface area contributed by atoms with E-state index in [9.17, 15) is 14.4 Å². The van der Waals surface area contributed by atoms with Crippen LogP contribution < -0.4 is 10.6 Å². The molecule has 4 aromatic rings. The first-order valence-corrected chi connectivity index (χ1v) is 12.8. The Morgan fingerprint density at radius 3 is 2.59 bits per heavy atom. The SMILES string of the molecule is O=C(OCc1ccccc1C(=O)NC1CCc2nc(NC(=O)c3cccs3)ncc2C1)c1ccccc1. The molecule has 1 atom stereocenters. The number of amides is 2. The molecule has 0 saturated carbocycles. The Balaban J connectivity index is 1.20. The Morgan fingerprint density at radius 1 is 0.973 bits per heavy atom. The van der Waals surface area contributed by atoms with Gasteiger partial charge in [0.05, 0.1) is 10.4 Å². The molecule has 2 N–H and O–H groups in total. The quantitative estimate of drug-likeness (QED) is 0.355. The third-order valence-corrected chi connectivity index (χ3v) is 6.95. The third-order valence-electron chi connectivity index (χ3n) is 6.09. The van der Waals surface area contributed by atoms with E-state index in [4.69, 9.17) is 4.74 Å². The zero-order valence-corrected chi connectivity index (χ0v) is 20.7. The summed E-state index contributed by atoms with van der Waals surface area (Å²) in [6.45, 7) is -0.00136. The minimum Gasteiger partial charge on any atom is -0.457 e. The van der Waals surface area contributed by atoms with Crippen LogP contribution in [0.3, 0.4) is 0 Å². The molecule has 1 unspecified atom stereocenters. The van der Waals surface area contributed by atoms with Gasteiger partial charge in [0.2, 0.25) is 5.95 Å². The number of esters is 1. The van der Waals surface area contributed by atoms with Crippen LogP contribution in [-0.4, -0.2) is 33.8 Å². The first-order valence-electron chi connectivity index (χ1n) is 11.9. The summed E-state index contributed by atoms with van der Waals surface area (Å²) in [4.78, 5) is 47.1. The number of ether oxygens (including phenoxy) is 1. The van der Waals surface area contributed by atoms with Gasteiger partial charge in [0.25, 0.3) is 11.8 Å². The van der Waals surface area contributed by atoms with Crippen LogP contribution in [0.15, 0.2) is 78.3 Å². The van der Waals surface area contributed by atoms with E-state index in [1.54, 1.807) is 54.7 Å². The fourth-order valence-corrected chi connectivity index (χ4v) is 4.81. The van der Waals surface area contributed by atoms with Crippen LogP contribution >= 0.6 is 11.3 Å². The van der Waals surface area contributed by atoms with E-state index in [2.05, 4.69) is 20.6 Å². The number of thiophene rings is 1. The molecule has 8 nitrogen and oxygen atoms in total. The van der Waals surface area contributed by atoms with Crippen LogP contribution in [0.25, 0.3) is 0 Å². The lowest BCUT2D eigenvalue weighted by Gasteiger charge is -2.25. The number of nitrogens with zero attached hydrogens (tertiary/aromatic N) is 2. The van der Waals surface area contributed by atoms with Crippen LogP contribution in [0.1, 0.15) is 53.6 Å². The van der Waals surface area contributed by atoms with Crippen LogP contribution in [0.2, 0.25) is 0 Å². The lowest BCUT2D eigenvalue weighted by atomic mass is 9.92. The summed E-state index contributed by atoms with van der Waals surface area (Å²) in [7, 11) is 0. The molecule has 0 fully saturated rings. The predicted octanol–water partition coefficient (Wildman–Crippen LogP) is 4.43. The maximum absolute atomic E-state index is 13.1. The Morgan fingerprint density at radius 2 is 1.78 bits per heavy atom. The maximum atomic E-state index is 13.1. The Kier molecular flexibility index (Phi) is 7.32. The van der Waals surface area contributed by atoms with Gasteiger partial charge in [-0.15, -0.1) is 11.3 Å². The van der Waals surface area contributed by atoms with Crippen molar-refractivity contribution < 1.29 is 19.1 Å². The predicted molar refractivity (Wildman–Crippen MR) is 140 cm³/mol. The lowest BCUT2D eigenvalue weighted by molar-refractivity contribution is 0.0470. The van der Waals surface area contributed by atoms with Gasteiger partial charge < -0.3 is 10.1 Å². The van der Waals surface area contributed by atoms with E-state index in [0.29, 0.717) is 40.8 Å². The molecule has 2 amide bonds. The van der Waals surface area contributed by atoms with Crippen molar-refractivity contribution in [2.75, 3.05) is 5.32 Å². The standard InChI is InChI=1S/C28H24N4O4S/c33-25(22-10-5-4-9-19(22)17-36-27(35)18-7-2-1-3-8-18)30-21-12-13-23-20(15-21)16-29-28(31-23)32-26(34)24-11-6-14-37-24/h1-11,14,16,21H,12-13,15,17H2,(H,30,33)(H,29,31,32,34). The normalized spacial score (nSPS) is 14.3. The van der Waals surface area contributed by atoms with Gasteiger partial charge in [-0.1, -0.05) is 42.5 Å². The van der Waals surface area contributed by atoms with Crippen molar-refractivity contribution in [3.05, 3.63) is 111 Å². The molecule has 1 aliphatic rings. The number of hydrogen-bond donors (Lipinski definition) is 2. The molecule has 5 rings (SSSR count). The summed E-state index contributed by atoms with van der Waals surface area (Å²) in [6, 6.07) is 19.3. The molecule has 186 valence electrons. The molecular weight excluding hydrogens is 488 g/mol. The number of benzene rings is 2. The topological polar surface area (TPSA) is 110 Å². The zero-order chi connectivity index (χ0) is 25.6. The molecule has 37 heavy (non-hydrogen) atoms. The van der Waals surface area contributed by atoms with Gasteiger partial charge in [0, 0.05) is 29.1 Å². The molecule has 1 aliphatic carbocycles. The van der Waals surface area contributed by atoms with Gasteiger partial charge in [-0.3, -0.25) is 14.9 Å². The average molecular weight is 513 g/mol. The van der Waals surface area contributed by atoms with E-state index in [1.807, 2.05) is 23.6 Å². The van der Waals surface area contributed by atoms with Crippen LogP contribution in [0.5, 0.6) is 0 Å². The van der Waals surface area contributed by atoms with Gasteiger partial charge in [0.15, 0.2) is 0 Å². The molecule has 0 aliphatic heterocycles. The number of carbonyl (C=O) groups excluding carboxylic acids is 3. The van der Waals surface area contributed by atoms with Crippen molar-refractivity contribution in [1.29, 1.82) is 0 Å². The molecule has 0 saturated heterocycles. The molecule has 0 bridgehead atoms. The summed E-state index contributed by atoms with van der Waals surface area (Å²) < 4.78 is 5.44. The Labute approximate surface area is 217 Å². The minimum absolute atomic E-state index is 0.00136. The van der Waals surface area contributed by atoms with E-state index in [1.165, 1.54) is 11.3 Å². The summed E-state index contributed by atoms with van der Waals surface area (Å²) in [5.74, 6) is -0.617. The number of aromatic nitrogens is 2. The van der Waals surface area contributed by atoms with E-state index in [0.717, 1.165) is 11.3 Å². The number of rotatable bonds is 7. The Hall–Kier alpha value is -4.37. The monoisotopic (exact) mass is 512 g/mol. The van der Waals surface area contributed by atoms with Gasteiger partial charge in [-0.2, -0.15) is 0 Å². The maximum Gasteiger partial charge on any atom is 0.338 e. The number of carbonyl (C=O) groups is 3. The second-order valence-corrected chi connectivity index (χ2v) is 9.56. The summed E-state index contributed by atoms with van der Waals surface area (Å²) in [5, 5.41) is 7.68. The summed E-state index contributed by atoms with van der Waals surface area (Å²) >= 11 is 1.36. The fraction of sp³-hybridized carbons (Fsp3) is 0.179. The Bertz CT molecular complexity index is 1420.